The van der Waals surface area contributed by atoms with Gasteiger partial charge < -0.3 is 30.3 Å². The van der Waals surface area contributed by atoms with E-state index in [-0.39, 0.29) is 46.9 Å². The lowest BCUT2D eigenvalue weighted by Crippen LogP contribution is -2.58. The summed E-state index contributed by atoms with van der Waals surface area (Å²) in [6, 6.07) is 15.6. The Morgan fingerprint density at radius 3 is 2.36 bits per heavy atom. The van der Waals surface area contributed by atoms with Crippen molar-refractivity contribution in [1.82, 2.24) is 20.9 Å². The van der Waals surface area contributed by atoms with Crippen LogP contribution in [0.5, 0.6) is 0 Å². The van der Waals surface area contributed by atoms with E-state index in [1.165, 1.54) is 16.7 Å². The molecule has 0 aromatic heterocycles. The zero-order valence-corrected chi connectivity index (χ0v) is 29.8. The molecule has 2 fully saturated rings. The summed E-state index contributed by atoms with van der Waals surface area (Å²) in [6.45, 7) is 7.53. The maximum atomic E-state index is 14.3. The fourth-order valence-corrected chi connectivity index (χ4v) is 9.56. The number of thioether (sulfide) groups is 1. The molecule has 4 aliphatic rings. The third kappa shape index (κ3) is 7.57. The van der Waals surface area contributed by atoms with E-state index >= 15 is 0 Å². The fraction of sp³-hybridized carbons (Fsp3) is 0.595. The molecule has 2 saturated heterocycles. The van der Waals surface area contributed by atoms with Gasteiger partial charge in [-0.05, 0) is 85.9 Å². The zero-order valence-electron chi connectivity index (χ0n) is 28.1. The second kappa shape index (κ2) is 14.9. The molecule has 2 aromatic rings. The summed E-state index contributed by atoms with van der Waals surface area (Å²) >= 11 is 7.36. The highest BCUT2D eigenvalue weighted by Gasteiger charge is 2.55. The Bertz CT molecular complexity index is 1430. The predicted molar refractivity (Wildman–Crippen MR) is 192 cm³/mol. The summed E-state index contributed by atoms with van der Waals surface area (Å²) in [5.74, 6) is 0.677. The molecule has 0 saturated carbocycles. The zero-order chi connectivity index (χ0) is 33.1. The summed E-state index contributed by atoms with van der Waals surface area (Å²) in [5, 5.41) is 9.81. The Morgan fingerprint density at radius 1 is 1.00 bits per heavy atom. The van der Waals surface area contributed by atoms with Crippen LogP contribution in [0.25, 0.3) is 0 Å². The summed E-state index contributed by atoms with van der Waals surface area (Å²) in [4.78, 5) is 30.9. The lowest BCUT2D eigenvalue weighted by Gasteiger charge is -2.35. The van der Waals surface area contributed by atoms with Crippen LogP contribution < -0.4 is 16.0 Å². The number of ether oxygens (including phenoxy) is 2. The predicted octanol–water partition coefficient (Wildman–Crippen LogP) is 4.73. The first-order chi connectivity index (χ1) is 22.7. The maximum absolute atomic E-state index is 14.3. The highest BCUT2D eigenvalue weighted by Crippen LogP contribution is 2.47. The molecule has 10 heteroatoms. The second-order valence-electron chi connectivity index (χ2n) is 14.2. The maximum Gasteiger partial charge on any atom is 0.246 e. The molecule has 0 radical (unpaired) electrons. The van der Waals surface area contributed by atoms with Crippen molar-refractivity contribution >= 4 is 40.8 Å². The van der Waals surface area contributed by atoms with Gasteiger partial charge in [-0.3, -0.25) is 9.59 Å². The number of nitrogens with one attached hydrogen (secondary N) is 3. The number of thiocarbonyl (C=S) groups is 1. The lowest BCUT2D eigenvalue weighted by atomic mass is 9.83. The molecule has 47 heavy (non-hydrogen) atoms. The van der Waals surface area contributed by atoms with Crippen LogP contribution in [-0.2, 0) is 38.3 Å². The number of rotatable bonds is 12. The van der Waals surface area contributed by atoms with Crippen molar-refractivity contribution in [2.24, 2.45) is 5.41 Å². The van der Waals surface area contributed by atoms with Crippen LogP contribution in [-0.4, -0.2) is 83.4 Å². The second-order valence-corrected chi connectivity index (χ2v) is 15.9. The number of amides is 2. The van der Waals surface area contributed by atoms with Gasteiger partial charge in [0.05, 0.1) is 34.7 Å². The number of carbonyl (C=O) groups is 2. The molecular weight excluding hydrogens is 629 g/mol. The van der Waals surface area contributed by atoms with Crippen molar-refractivity contribution in [3.63, 3.8) is 0 Å². The molecule has 2 aliphatic heterocycles. The van der Waals surface area contributed by atoms with Crippen LogP contribution in [0, 0.1) is 5.41 Å². The van der Waals surface area contributed by atoms with Gasteiger partial charge in [0, 0.05) is 19.6 Å². The summed E-state index contributed by atoms with van der Waals surface area (Å²) in [7, 11) is 1.85. The van der Waals surface area contributed by atoms with Crippen molar-refractivity contribution < 1.29 is 19.1 Å². The van der Waals surface area contributed by atoms with E-state index in [1.54, 1.807) is 11.8 Å². The molecule has 3 N–H and O–H groups in total. The highest BCUT2D eigenvalue weighted by atomic mass is 32.2. The topological polar surface area (TPSA) is 91.9 Å². The minimum Gasteiger partial charge on any atom is -0.378 e. The van der Waals surface area contributed by atoms with Gasteiger partial charge in [-0.1, -0.05) is 74.6 Å². The number of fused-ring (bicyclic) bond motifs is 3. The average molecular weight is 679 g/mol. The third-order valence-electron chi connectivity index (χ3n) is 10.4. The van der Waals surface area contributed by atoms with E-state index in [0.717, 1.165) is 56.4 Å². The van der Waals surface area contributed by atoms with Gasteiger partial charge in [0.1, 0.15) is 12.1 Å². The number of hydrogen-bond acceptors (Lipinski definition) is 7. The van der Waals surface area contributed by atoms with Crippen LogP contribution in [0.1, 0.15) is 74.8 Å². The SMILES string of the molecule is CN[C@@H](C)C(=S)N[C@H]1CCS[C@H]2CC(C)(C)[C@@H](C(=O)N[C@H]3c4ccccc4C[C@H]3OCCCCOC3Cc4ccccc4C3)N2C1=O. The molecule has 254 valence electrons. The van der Waals surface area contributed by atoms with E-state index < -0.39 is 12.1 Å². The lowest BCUT2D eigenvalue weighted by molar-refractivity contribution is -0.143. The molecule has 0 bridgehead atoms. The summed E-state index contributed by atoms with van der Waals surface area (Å²) in [6.07, 6.45) is 6.11. The van der Waals surface area contributed by atoms with E-state index in [9.17, 15) is 9.59 Å². The molecule has 2 heterocycles. The van der Waals surface area contributed by atoms with E-state index in [0.29, 0.717) is 18.0 Å². The molecule has 2 aromatic carbocycles. The van der Waals surface area contributed by atoms with Gasteiger partial charge in [0.25, 0.3) is 0 Å². The smallest absolute Gasteiger partial charge is 0.246 e. The van der Waals surface area contributed by atoms with Gasteiger partial charge in [-0.25, -0.2) is 0 Å². The normalized spacial score (nSPS) is 27.1. The van der Waals surface area contributed by atoms with Crippen LogP contribution in [0.2, 0.25) is 0 Å². The van der Waals surface area contributed by atoms with Crippen LogP contribution in [0.3, 0.4) is 0 Å². The minimum absolute atomic E-state index is 0.0419. The van der Waals surface area contributed by atoms with Crippen molar-refractivity contribution in [3.8, 4) is 0 Å². The molecule has 6 rings (SSSR count). The number of unbranched alkanes of at least 4 members (excludes halogenated alkanes) is 1. The van der Waals surface area contributed by atoms with Gasteiger partial charge >= 0.3 is 0 Å². The molecular formula is C37H50N4O4S2. The summed E-state index contributed by atoms with van der Waals surface area (Å²) < 4.78 is 12.7. The Balaban J connectivity index is 1.07. The Morgan fingerprint density at radius 2 is 1.66 bits per heavy atom. The molecule has 2 amide bonds. The largest absolute Gasteiger partial charge is 0.378 e. The first-order valence-electron chi connectivity index (χ1n) is 17.3. The van der Waals surface area contributed by atoms with Crippen molar-refractivity contribution in [2.45, 2.75) is 107 Å². The number of hydrogen-bond donors (Lipinski definition) is 3. The minimum atomic E-state index is -0.586. The van der Waals surface area contributed by atoms with Crippen LogP contribution in [0.15, 0.2) is 48.5 Å². The molecule has 0 spiro atoms. The number of carbonyl (C=O) groups excluding carboxylic acids is 2. The quantitative estimate of drug-likeness (QED) is 0.219. The number of benzene rings is 2. The Kier molecular flexibility index (Phi) is 10.9. The van der Waals surface area contributed by atoms with Crippen LogP contribution >= 0.6 is 24.0 Å². The number of likely N-dealkylation sites (N-methyl/N-ethyl adjacent to an activating group) is 1. The number of nitrogens with zero attached hydrogens (tertiary/aromatic N) is 1. The Hall–Kier alpha value is -2.50. The molecule has 2 aliphatic carbocycles. The van der Waals surface area contributed by atoms with Gasteiger partial charge in [-0.2, -0.15) is 0 Å². The van der Waals surface area contributed by atoms with E-state index in [2.05, 4.69) is 66.2 Å². The van der Waals surface area contributed by atoms with E-state index in [1.807, 2.05) is 31.0 Å². The monoisotopic (exact) mass is 678 g/mol. The standard InChI is InChI=1S/C37H50N4O4S2/c1-23(38-4)35(46)39-29-15-18-47-31-22-37(2,3)33(41(31)36(29)43)34(42)40-32-28-14-8-7-13-26(28)21-30(32)45-17-10-9-16-44-27-19-24-11-5-6-12-25(24)20-27/h5-8,11-14,23,27,29-33,38H,9-10,15-22H2,1-4H3,(H,39,46)(H,40,42)/t23-,29-,30+,31-,32-,33+/m0/s1. The average Bonchev–Trinajstić information content (AvgIpc) is 3.68. The van der Waals surface area contributed by atoms with Gasteiger partial charge in [0.2, 0.25) is 11.8 Å². The van der Waals surface area contributed by atoms with E-state index in [4.69, 9.17) is 21.7 Å². The first kappa shape index (κ1) is 34.4. The van der Waals surface area contributed by atoms with Gasteiger partial charge in [-0.15, -0.1) is 11.8 Å². The van der Waals surface area contributed by atoms with Crippen LogP contribution in [0.4, 0.5) is 0 Å². The van der Waals surface area contributed by atoms with Crippen molar-refractivity contribution in [2.75, 3.05) is 26.0 Å². The van der Waals surface area contributed by atoms with Crippen molar-refractivity contribution in [3.05, 3.63) is 70.8 Å². The highest BCUT2D eigenvalue weighted by molar-refractivity contribution is 7.99. The molecule has 0 unspecified atom stereocenters. The third-order valence-corrected chi connectivity index (χ3v) is 12.1. The van der Waals surface area contributed by atoms with Crippen molar-refractivity contribution in [1.29, 1.82) is 0 Å². The first-order valence-corrected chi connectivity index (χ1v) is 18.7. The van der Waals surface area contributed by atoms with Gasteiger partial charge in [0.15, 0.2) is 0 Å². The fourth-order valence-electron chi connectivity index (χ4n) is 7.72. The Labute approximate surface area is 289 Å². The summed E-state index contributed by atoms with van der Waals surface area (Å²) in [5.41, 5.74) is 4.74. The molecule has 8 nitrogen and oxygen atoms in total. The molecule has 6 atom stereocenters.